The molecule has 0 bridgehead atoms. The Morgan fingerprint density at radius 3 is 2.62 bits per heavy atom. The van der Waals surface area contributed by atoms with Crippen molar-refractivity contribution in [3.05, 3.63) is 57.8 Å². The lowest BCUT2D eigenvalue weighted by molar-refractivity contribution is -0.126. The molecule has 2 atom stereocenters. The van der Waals surface area contributed by atoms with Gasteiger partial charge in [0.15, 0.2) is 10.9 Å². The minimum absolute atomic E-state index is 0. The molecular weight excluding hydrogens is 467 g/mol. The molecule has 2 aliphatic rings. The van der Waals surface area contributed by atoms with Crippen LogP contribution in [0, 0.1) is 17.7 Å². The quantitative estimate of drug-likeness (QED) is 0.487. The van der Waals surface area contributed by atoms with Gasteiger partial charge < -0.3 is 0 Å². The van der Waals surface area contributed by atoms with Gasteiger partial charge in [0.25, 0.3) is 0 Å². The van der Waals surface area contributed by atoms with Gasteiger partial charge in [-0.25, -0.2) is 9.37 Å². The number of benzene rings is 1. The molecule has 2 unspecified atom stereocenters. The molecule has 4 rings (SSSR count). The van der Waals surface area contributed by atoms with E-state index in [-0.39, 0.29) is 46.2 Å². The molecule has 2 aromatic rings. The first-order valence-electron chi connectivity index (χ1n) is 10.8. The maximum Gasteiger partial charge on any atom is 0.192 e. The smallest absolute Gasteiger partial charge is 0.192 e. The molecule has 0 N–H and O–H groups in total. The molecule has 2 heterocycles. The third-order valence-corrected chi connectivity index (χ3v) is 7.94. The molecule has 0 amide bonds. The average Bonchev–Trinajstić information content (AvgIpc) is 3.48. The number of likely N-dealkylation sites (tertiary alicyclic amines) is 1. The van der Waals surface area contributed by atoms with Gasteiger partial charge in [0.2, 0.25) is 0 Å². The molecule has 0 spiro atoms. The Bertz CT molecular complexity index is 976. The topological polar surface area (TPSA) is 50.3 Å². The summed E-state index contributed by atoms with van der Waals surface area (Å²) in [6.45, 7) is 5.00. The monoisotopic (exact) mass is 494 g/mol. The fourth-order valence-electron chi connectivity index (χ4n) is 3.95. The SMILES string of the molecule is CC(C)C(=O)SC1CCN(C(C(=O)C2CC2)c2ccccc2F)CC1=Cc1cscn1.Cl. The lowest BCUT2D eigenvalue weighted by Crippen LogP contribution is -2.43. The van der Waals surface area contributed by atoms with Crippen molar-refractivity contribution in [1.82, 2.24) is 9.88 Å². The van der Waals surface area contributed by atoms with E-state index in [2.05, 4.69) is 9.88 Å². The van der Waals surface area contributed by atoms with Gasteiger partial charge >= 0.3 is 0 Å². The number of halogens is 2. The summed E-state index contributed by atoms with van der Waals surface area (Å²) in [6, 6.07) is 6.03. The van der Waals surface area contributed by atoms with Crippen molar-refractivity contribution in [3.8, 4) is 0 Å². The molecular formula is C24H28ClFN2O2S2. The number of carbonyl (C=O) groups is 2. The first-order valence-corrected chi connectivity index (χ1v) is 12.6. The summed E-state index contributed by atoms with van der Waals surface area (Å²) in [7, 11) is 0. The molecule has 1 aromatic carbocycles. The van der Waals surface area contributed by atoms with E-state index in [0.717, 1.165) is 30.5 Å². The van der Waals surface area contributed by atoms with Crippen LogP contribution in [0.5, 0.6) is 0 Å². The van der Waals surface area contributed by atoms with Gasteiger partial charge in [0.05, 0.1) is 17.2 Å². The summed E-state index contributed by atoms with van der Waals surface area (Å²) >= 11 is 2.91. The van der Waals surface area contributed by atoms with E-state index >= 15 is 0 Å². The highest BCUT2D eigenvalue weighted by atomic mass is 35.5. The molecule has 1 aromatic heterocycles. The zero-order valence-electron chi connectivity index (χ0n) is 18.2. The van der Waals surface area contributed by atoms with Gasteiger partial charge in [-0.1, -0.05) is 43.8 Å². The number of carbonyl (C=O) groups excluding carboxylic acids is 2. The highest BCUT2D eigenvalue weighted by Crippen LogP contribution is 2.41. The molecule has 1 saturated heterocycles. The number of aromatic nitrogens is 1. The highest BCUT2D eigenvalue weighted by molar-refractivity contribution is 8.14. The normalized spacial score (nSPS) is 21.4. The molecule has 1 aliphatic carbocycles. The number of hydrogen-bond donors (Lipinski definition) is 0. The van der Waals surface area contributed by atoms with Crippen LogP contribution >= 0.6 is 35.5 Å². The first kappa shape index (κ1) is 25.1. The van der Waals surface area contributed by atoms with E-state index in [1.165, 1.54) is 29.2 Å². The van der Waals surface area contributed by atoms with E-state index in [4.69, 9.17) is 0 Å². The van der Waals surface area contributed by atoms with Crippen LogP contribution in [0.3, 0.4) is 0 Å². The number of ketones is 1. The zero-order valence-corrected chi connectivity index (χ0v) is 20.6. The summed E-state index contributed by atoms with van der Waals surface area (Å²) in [6.07, 6.45) is 4.55. The van der Waals surface area contributed by atoms with Gasteiger partial charge in [-0.2, -0.15) is 0 Å². The van der Waals surface area contributed by atoms with E-state index in [1.54, 1.807) is 23.7 Å². The number of rotatable bonds is 7. The molecule has 0 radical (unpaired) electrons. The Balaban J connectivity index is 0.00000289. The van der Waals surface area contributed by atoms with Crippen molar-refractivity contribution in [2.75, 3.05) is 13.1 Å². The van der Waals surface area contributed by atoms with Crippen molar-refractivity contribution < 1.29 is 14.0 Å². The number of thioether (sulfide) groups is 1. The Morgan fingerprint density at radius 2 is 2.00 bits per heavy atom. The van der Waals surface area contributed by atoms with Crippen molar-refractivity contribution in [3.63, 3.8) is 0 Å². The third-order valence-electron chi connectivity index (χ3n) is 5.81. The molecule has 172 valence electrons. The van der Waals surface area contributed by atoms with E-state index in [1.807, 2.05) is 25.3 Å². The molecule has 4 nitrogen and oxygen atoms in total. The van der Waals surface area contributed by atoms with Crippen LogP contribution in [0.1, 0.15) is 50.4 Å². The fraction of sp³-hybridized carbons (Fsp3) is 0.458. The van der Waals surface area contributed by atoms with Crippen molar-refractivity contribution in [1.29, 1.82) is 0 Å². The van der Waals surface area contributed by atoms with Crippen molar-refractivity contribution in [2.45, 2.75) is 44.4 Å². The van der Waals surface area contributed by atoms with Crippen LogP contribution in [0.15, 0.2) is 40.7 Å². The predicted octanol–water partition coefficient (Wildman–Crippen LogP) is 5.80. The van der Waals surface area contributed by atoms with Crippen LogP contribution in [0.2, 0.25) is 0 Å². The number of Topliss-reactive ketones (excluding diaryl/α,β-unsaturated/α-hetero) is 1. The second-order valence-electron chi connectivity index (χ2n) is 8.57. The van der Waals surface area contributed by atoms with Crippen LogP contribution < -0.4 is 0 Å². The van der Waals surface area contributed by atoms with Gasteiger partial charge in [-0.15, -0.1) is 23.7 Å². The van der Waals surface area contributed by atoms with E-state index < -0.39 is 6.04 Å². The summed E-state index contributed by atoms with van der Waals surface area (Å²) in [4.78, 5) is 32.2. The van der Waals surface area contributed by atoms with Gasteiger partial charge in [-0.3, -0.25) is 14.5 Å². The predicted molar refractivity (Wildman–Crippen MR) is 132 cm³/mol. The standard InChI is InChI=1S/C24H27FN2O2S2.ClH/c1-15(2)24(29)31-21-9-10-27(12-17(21)11-18-13-30-14-26-18)22(23(28)16-7-8-16)19-5-3-4-6-20(19)25;/h3-6,11,13-16,21-22H,7-10,12H2,1-2H3;1H. The lowest BCUT2D eigenvalue weighted by Gasteiger charge is -2.38. The van der Waals surface area contributed by atoms with Gasteiger partial charge in [0.1, 0.15) is 5.82 Å². The molecule has 8 heteroatoms. The van der Waals surface area contributed by atoms with E-state index in [9.17, 15) is 14.0 Å². The summed E-state index contributed by atoms with van der Waals surface area (Å²) in [5.74, 6) is -0.225. The van der Waals surface area contributed by atoms with Gasteiger partial charge in [-0.05, 0) is 37.0 Å². The molecule has 2 fully saturated rings. The first-order chi connectivity index (χ1) is 14.9. The Morgan fingerprint density at radius 1 is 1.25 bits per heavy atom. The summed E-state index contributed by atoms with van der Waals surface area (Å²) in [5.41, 5.74) is 4.17. The molecule has 1 aliphatic heterocycles. The Hall–Kier alpha value is -1.54. The number of thiazole rings is 1. The maximum absolute atomic E-state index is 14.7. The van der Waals surface area contributed by atoms with E-state index in [0.29, 0.717) is 18.7 Å². The Kier molecular flexibility index (Phi) is 8.67. The molecule has 32 heavy (non-hydrogen) atoms. The van der Waals surface area contributed by atoms with Crippen LogP contribution in [0.4, 0.5) is 4.39 Å². The maximum atomic E-state index is 14.7. The van der Waals surface area contributed by atoms with Gasteiger partial charge in [0, 0.05) is 41.1 Å². The average molecular weight is 495 g/mol. The van der Waals surface area contributed by atoms with Crippen LogP contribution in [0.25, 0.3) is 6.08 Å². The van der Waals surface area contributed by atoms with Crippen molar-refractivity contribution in [2.24, 2.45) is 11.8 Å². The minimum Gasteiger partial charge on any atom is -0.297 e. The Labute approximate surface area is 203 Å². The number of hydrogen-bond acceptors (Lipinski definition) is 6. The van der Waals surface area contributed by atoms with Crippen molar-refractivity contribution >= 4 is 52.5 Å². The third kappa shape index (κ3) is 5.87. The summed E-state index contributed by atoms with van der Waals surface area (Å²) < 4.78 is 14.7. The minimum atomic E-state index is -0.584. The zero-order chi connectivity index (χ0) is 22.0. The molecule has 1 saturated carbocycles. The van der Waals surface area contributed by atoms with Crippen LogP contribution in [-0.2, 0) is 9.59 Å². The second-order valence-corrected chi connectivity index (χ2v) is 10.5. The van der Waals surface area contributed by atoms with Crippen LogP contribution in [-0.4, -0.2) is 39.1 Å². The fourth-order valence-corrected chi connectivity index (χ4v) is 5.54. The number of nitrogens with zero attached hydrogens (tertiary/aromatic N) is 2. The lowest BCUT2D eigenvalue weighted by atomic mass is 9.93. The number of piperidine rings is 1. The summed E-state index contributed by atoms with van der Waals surface area (Å²) in [5, 5.41) is 2.19. The second kappa shape index (κ2) is 11.1. The highest BCUT2D eigenvalue weighted by Gasteiger charge is 2.41. The largest absolute Gasteiger partial charge is 0.297 e.